The smallest absolute Gasteiger partial charge is 0.335 e. The van der Waals surface area contributed by atoms with E-state index in [1.54, 1.807) is 23.1 Å². The number of rotatable bonds is 6. The van der Waals surface area contributed by atoms with Gasteiger partial charge in [-0.05, 0) is 53.9 Å². The summed E-state index contributed by atoms with van der Waals surface area (Å²) in [4.78, 5) is 26.7. The van der Waals surface area contributed by atoms with Gasteiger partial charge in [0, 0.05) is 22.0 Å². The molecule has 1 saturated carbocycles. The fraction of sp³-hybridized carbons (Fsp3) is 0.200. The standard InChI is InChI=1S/C25H22ClNO3/c1-25(19-10-12-20(26)13-11-19)15-22(25)23(28)27(21-8-3-2-4-9-21)16-17-6-5-7-18(14-17)24(29)30/h2-14,22H,15-16H2,1H3,(H,29,30)/t22?,25-/m1/s1. The van der Waals surface area contributed by atoms with Crippen LogP contribution in [0, 0.1) is 5.92 Å². The molecule has 0 aliphatic heterocycles. The van der Waals surface area contributed by atoms with Gasteiger partial charge in [-0.3, -0.25) is 4.79 Å². The number of benzene rings is 3. The predicted molar refractivity (Wildman–Crippen MR) is 118 cm³/mol. The molecule has 0 saturated heterocycles. The number of carboxylic acids is 1. The van der Waals surface area contributed by atoms with E-state index in [9.17, 15) is 14.7 Å². The number of para-hydroxylation sites is 1. The van der Waals surface area contributed by atoms with Crippen molar-refractivity contribution in [1.29, 1.82) is 0 Å². The molecule has 3 aromatic rings. The van der Waals surface area contributed by atoms with Crippen LogP contribution >= 0.6 is 11.6 Å². The van der Waals surface area contributed by atoms with Gasteiger partial charge in [0.05, 0.1) is 12.1 Å². The highest BCUT2D eigenvalue weighted by Gasteiger charge is 2.56. The maximum Gasteiger partial charge on any atom is 0.335 e. The Morgan fingerprint density at radius 3 is 2.40 bits per heavy atom. The van der Waals surface area contributed by atoms with Crippen LogP contribution < -0.4 is 4.90 Å². The molecule has 1 N–H and O–H groups in total. The Balaban J connectivity index is 1.62. The lowest BCUT2D eigenvalue weighted by Crippen LogP contribution is -2.33. The lowest BCUT2D eigenvalue weighted by atomic mass is 9.95. The van der Waals surface area contributed by atoms with E-state index in [4.69, 9.17) is 11.6 Å². The number of carbonyl (C=O) groups excluding carboxylic acids is 1. The van der Waals surface area contributed by atoms with Gasteiger partial charge in [0.1, 0.15) is 0 Å². The van der Waals surface area contributed by atoms with Crippen molar-refractivity contribution < 1.29 is 14.7 Å². The first kappa shape index (κ1) is 20.2. The molecule has 30 heavy (non-hydrogen) atoms. The molecule has 4 nitrogen and oxygen atoms in total. The first-order valence-electron chi connectivity index (χ1n) is 9.83. The van der Waals surface area contributed by atoms with Crippen LogP contribution in [-0.4, -0.2) is 17.0 Å². The van der Waals surface area contributed by atoms with Crippen LogP contribution in [0.15, 0.2) is 78.9 Å². The Bertz CT molecular complexity index is 1080. The first-order chi connectivity index (χ1) is 14.4. The Morgan fingerprint density at radius 1 is 1.03 bits per heavy atom. The molecule has 0 heterocycles. The largest absolute Gasteiger partial charge is 0.478 e. The van der Waals surface area contributed by atoms with E-state index >= 15 is 0 Å². The molecule has 0 radical (unpaired) electrons. The van der Waals surface area contributed by atoms with E-state index < -0.39 is 5.97 Å². The zero-order valence-corrected chi connectivity index (χ0v) is 17.3. The summed E-state index contributed by atoms with van der Waals surface area (Å²) in [5.74, 6) is -1.08. The molecule has 2 atom stereocenters. The number of amides is 1. The van der Waals surface area contributed by atoms with E-state index in [-0.39, 0.29) is 22.8 Å². The third kappa shape index (κ3) is 3.96. The summed E-state index contributed by atoms with van der Waals surface area (Å²) < 4.78 is 0. The Morgan fingerprint density at radius 2 is 1.73 bits per heavy atom. The molecule has 5 heteroatoms. The molecular weight excluding hydrogens is 398 g/mol. The molecule has 152 valence electrons. The van der Waals surface area contributed by atoms with Crippen molar-refractivity contribution in [3.8, 4) is 0 Å². The molecule has 0 aromatic heterocycles. The van der Waals surface area contributed by atoms with Gasteiger partial charge >= 0.3 is 5.97 Å². The number of hydrogen-bond acceptors (Lipinski definition) is 2. The third-order valence-corrected chi connectivity index (χ3v) is 6.14. The number of carboxylic acid groups (broad SMARTS) is 1. The molecule has 1 unspecified atom stereocenters. The lowest BCUT2D eigenvalue weighted by Gasteiger charge is -2.25. The minimum atomic E-state index is -0.980. The predicted octanol–water partition coefficient (Wildman–Crippen LogP) is 5.55. The second-order valence-electron chi connectivity index (χ2n) is 7.95. The number of halogens is 1. The zero-order chi connectivity index (χ0) is 21.3. The average Bonchev–Trinajstić information content (AvgIpc) is 3.45. The van der Waals surface area contributed by atoms with Crippen molar-refractivity contribution in [3.63, 3.8) is 0 Å². The molecule has 1 aliphatic carbocycles. The molecule has 4 rings (SSSR count). The van der Waals surface area contributed by atoms with Crippen LogP contribution in [0.5, 0.6) is 0 Å². The Kier molecular flexibility index (Phi) is 5.35. The number of nitrogens with zero attached hydrogens (tertiary/aromatic N) is 1. The van der Waals surface area contributed by atoms with Crippen LogP contribution in [0.2, 0.25) is 5.02 Å². The van der Waals surface area contributed by atoms with Gasteiger partial charge in [0.25, 0.3) is 0 Å². The van der Waals surface area contributed by atoms with E-state index in [2.05, 4.69) is 6.92 Å². The van der Waals surface area contributed by atoms with Crippen LogP contribution in [0.4, 0.5) is 5.69 Å². The Labute approximate surface area is 180 Å². The summed E-state index contributed by atoms with van der Waals surface area (Å²) in [6, 6.07) is 23.9. The first-order valence-corrected chi connectivity index (χ1v) is 10.2. The summed E-state index contributed by atoms with van der Waals surface area (Å²) >= 11 is 6.02. The van der Waals surface area contributed by atoms with Crippen LogP contribution in [0.3, 0.4) is 0 Å². The van der Waals surface area contributed by atoms with Crippen LogP contribution in [-0.2, 0) is 16.8 Å². The second kappa shape index (κ2) is 7.96. The highest BCUT2D eigenvalue weighted by molar-refractivity contribution is 6.30. The number of aromatic carboxylic acids is 1. The topological polar surface area (TPSA) is 57.6 Å². The van der Waals surface area contributed by atoms with Gasteiger partial charge in [-0.1, -0.05) is 61.0 Å². The molecule has 3 aromatic carbocycles. The maximum atomic E-state index is 13.6. The summed E-state index contributed by atoms with van der Waals surface area (Å²) in [5.41, 5.74) is 2.67. The van der Waals surface area contributed by atoms with Crippen molar-refractivity contribution in [2.75, 3.05) is 4.90 Å². The summed E-state index contributed by atoms with van der Waals surface area (Å²) in [7, 11) is 0. The number of hydrogen-bond donors (Lipinski definition) is 1. The average molecular weight is 420 g/mol. The number of anilines is 1. The van der Waals surface area contributed by atoms with Gasteiger partial charge in [-0.2, -0.15) is 0 Å². The van der Waals surface area contributed by atoms with Gasteiger partial charge in [-0.25, -0.2) is 4.79 Å². The highest BCUT2D eigenvalue weighted by Crippen LogP contribution is 2.55. The van der Waals surface area contributed by atoms with Crippen LogP contribution in [0.25, 0.3) is 0 Å². The van der Waals surface area contributed by atoms with E-state index in [1.807, 2.05) is 60.7 Å². The zero-order valence-electron chi connectivity index (χ0n) is 16.6. The second-order valence-corrected chi connectivity index (χ2v) is 8.38. The fourth-order valence-electron chi connectivity index (χ4n) is 3.95. The monoisotopic (exact) mass is 419 g/mol. The third-order valence-electron chi connectivity index (χ3n) is 5.89. The van der Waals surface area contributed by atoms with Crippen molar-refractivity contribution >= 4 is 29.2 Å². The van der Waals surface area contributed by atoms with Gasteiger partial charge in [0.2, 0.25) is 5.91 Å². The molecule has 1 amide bonds. The van der Waals surface area contributed by atoms with Crippen molar-refractivity contribution in [1.82, 2.24) is 0 Å². The van der Waals surface area contributed by atoms with Gasteiger partial charge < -0.3 is 10.0 Å². The molecule has 1 aliphatic rings. The summed E-state index contributed by atoms with van der Waals surface area (Å²) in [6.07, 6.45) is 0.770. The molecular formula is C25H22ClNO3. The summed E-state index contributed by atoms with van der Waals surface area (Å²) in [6.45, 7) is 2.42. The molecule has 0 bridgehead atoms. The van der Waals surface area contributed by atoms with E-state index in [0.29, 0.717) is 11.6 Å². The molecule has 1 fully saturated rings. The quantitative estimate of drug-likeness (QED) is 0.569. The normalized spacial score (nSPS) is 19.9. The highest BCUT2D eigenvalue weighted by atomic mass is 35.5. The maximum absolute atomic E-state index is 13.6. The lowest BCUT2D eigenvalue weighted by molar-refractivity contribution is -0.120. The fourth-order valence-corrected chi connectivity index (χ4v) is 4.08. The minimum Gasteiger partial charge on any atom is -0.478 e. The number of carbonyl (C=O) groups is 2. The van der Waals surface area contributed by atoms with Crippen molar-refractivity contribution in [3.05, 3.63) is 101 Å². The SMILES string of the molecule is C[C@]1(c2ccc(Cl)cc2)CC1C(=O)N(Cc1cccc(C(=O)O)c1)c1ccccc1. The Hall–Kier alpha value is -3.11. The van der Waals surface area contributed by atoms with Crippen molar-refractivity contribution in [2.24, 2.45) is 5.92 Å². The van der Waals surface area contributed by atoms with Crippen molar-refractivity contribution in [2.45, 2.75) is 25.3 Å². The summed E-state index contributed by atoms with van der Waals surface area (Å²) in [5, 5.41) is 9.97. The van der Waals surface area contributed by atoms with Gasteiger partial charge in [0.15, 0.2) is 0 Å². The van der Waals surface area contributed by atoms with E-state index in [1.165, 1.54) is 0 Å². The minimum absolute atomic E-state index is 0.0411. The van der Waals surface area contributed by atoms with E-state index in [0.717, 1.165) is 23.2 Å². The van der Waals surface area contributed by atoms with Gasteiger partial charge in [-0.15, -0.1) is 0 Å². The molecule has 0 spiro atoms. The van der Waals surface area contributed by atoms with Crippen LogP contribution in [0.1, 0.15) is 34.8 Å².